The Balaban J connectivity index is 4.15. The number of carbonyl (C=O) groups is 2. The molecule has 0 aliphatic rings. The molecule has 1 N–H and O–H groups in total. The fourth-order valence-electron chi connectivity index (χ4n) is 2.10. The molecule has 0 bridgehead atoms. The lowest BCUT2D eigenvalue weighted by molar-refractivity contribution is -0.126. The van der Waals surface area contributed by atoms with E-state index in [1.165, 1.54) is 6.92 Å². The van der Waals surface area contributed by atoms with Gasteiger partial charge in [-0.1, -0.05) is 20.8 Å². The normalized spacial score (nSPS) is 12.4. The lowest BCUT2D eigenvalue weighted by Crippen LogP contribution is -2.45. The van der Waals surface area contributed by atoms with Gasteiger partial charge in [0.15, 0.2) is 0 Å². The van der Waals surface area contributed by atoms with Gasteiger partial charge < -0.3 is 10.1 Å². The average molecular weight is 227 g/mol. The quantitative estimate of drug-likeness (QED) is 0.785. The lowest BCUT2D eigenvalue weighted by Gasteiger charge is -2.33. The van der Waals surface area contributed by atoms with E-state index >= 15 is 0 Å². The van der Waals surface area contributed by atoms with E-state index in [2.05, 4.69) is 26.1 Å². The van der Waals surface area contributed by atoms with Crippen LogP contribution in [0.1, 0.15) is 60.8 Å². The van der Waals surface area contributed by atoms with E-state index in [1.807, 2.05) is 13.8 Å². The van der Waals surface area contributed by atoms with E-state index in [0.29, 0.717) is 12.8 Å². The number of hydrogen-bond donors (Lipinski definition) is 1. The Morgan fingerprint density at radius 1 is 1.00 bits per heavy atom. The fraction of sp³-hybridized carbons (Fsp3) is 0.846. The summed E-state index contributed by atoms with van der Waals surface area (Å²) in [5.74, 6) is 0.0215. The first-order valence-corrected chi connectivity index (χ1v) is 5.82. The lowest BCUT2D eigenvalue weighted by atomic mass is 9.82. The fourth-order valence-corrected chi connectivity index (χ4v) is 2.10. The third-order valence-corrected chi connectivity index (χ3v) is 2.15. The monoisotopic (exact) mass is 227 g/mol. The van der Waals surface area contributed by atoms with Gasteiger partial charge >= 0.3 is 0 Å². The van der Waals surface area contributed by atoms with Crippen molar-refractivity contribution in [3.05, 3.63) is 0 Å². The van der Waals surface area contributed by atoms with Gasteiger partial charge in [-0.15, -0.1) is 0 Å². The van der Waals surface area contributed by atoms with Gasteiger partial charge in [-0.3, -0.25) is 4.79 Å². The highest BCUT2D eigenvalue weighted by Gasteiger charge is 2.26. The minimum absolute atomic E-state index is 0.0375. The second-order valence-corrected chi connectivity index (χ2v) is 6.37. The molecule has 0 aliphatic heterocycles. The highest BCUT2D eigenvalue weighted by molar-refractivity contribution is 5.83. The van der Waals surface area contributed by atoms with Gasteiger partial charge in [0.1, 0.15) is 5.78 Å². The molecule has 3 nitrogen and oxygen atoms in total. The molecule has 0 aliphatic carbocycles. The van der Waals surface area contributed by atoms with Crippen molar-refractivity contribution in [3.63, 3.8) is 0 Å². The van der Waals surface area contributed by atoms with Crippen LogP contribution in [0.4, 0.5) is 0 Å². The van der Waals surface area contributed by atoms with E-state index in [-0.39, 0.29) is 22.6 Å². The number of amides is 1. The standard InChI is InChI=1S/C13H25NO2/c1-10(15)7-8-11(16)14-13(5,6)9-12(2,3)4/h7-9H2,1-6H3,(H,14,16). The van der Waals surface area contributed by atoms with E-state index in [0.717, 1.165) is 6.42 Å². The number of rotatable bonds is 5. The van der Waals surface area contributed by atoms with E-state index in [1.54, 1.807) is 0 Å². The number of carbonyl (C=O) groups excluding carboxylic acids is 2. The predicted molar refractivity (Wildman–Crippen MR) is 66.2 cm³/mol. The summed E-state index contributed by atoms with van der Waals surface area (Å²) >= 11 is 0. The van der Waals surface area contributed by atoms with Crippen LogP contribution in [-0.2, 0) is 9.59 Å². The Kier molecular flexibility index (Phi) is 5.17. The summed E-state index contributed by atoms with van der Waals surface area (Å²) in [5, 5.41) is 2.98. The average Bonchev–Trinajstić information content (AvgIpc) is 1.94. The first kappa shape index (κ1) is 15.1. The maximum atomic E-state index is 11.6. The van der Waals surface area contributed by atoms with Gasteiger partial charge in [0.25, 0.3) is 0 Å². The molecular formula is C13H25NO2. The summed E-state index contributed by atoms with van der Waals surface area (Å²) < 4.78 is 0. The molecule has 0 saturated heterocycles. The summed E-state index contributed by atoms with van der Waals surface area (Å²) in [7, 11) is 0. The van der Waals surface area contributed by atoms with Crippen LogP contribution in [0.2, 0.25) is 0 Å². The van der Waals surface area contributed by atoms with Crippen molar-refractivity contribution in [2.45, 2.75) is 66.3 Å². The summed E-state index contributed by atoms with van der Waals surface area (Å²) in [6, 6.07) is 0. The Morgan fingerprint density at radius 2 is 1.50 bits per heavy atom. The van der Waals surface area contributed by atoms with Gasteiger partial charge in [-0.2, -0.15) is 0 Å². The van der Waals surface area contributed by atoms with E-state index in [4.69, 9.17) is 0 Å². The van der Waals surface area contributed by atoms with Crippen molar-refractivity contribution in [2.24, 2.45) is 5.41 Å². The Labute approximate surface area is 99.0 Å². The van der Waals surface area contributed by atoms with Crippen LogP contribution in [0.25, 0.3) is 0 Å². The molecule has 0 saturated carbocycles. The first-order chi connectivity index (χ1) is 7.02. The minimum Gasteiger partial charge on any atom is -0.351 e. The molecule has 16 heavy (non-hydrogen) atoms. The number of hydrogen-bond acceptors (Lipinski definition) is 2. The third-order valence-electron chi connectivity index (χ3n) is 2.15. The molecule has 0 aromatic carbocycles. The zero-order chi connectivity index (χ0) is 13.0. The maximum absolute atomic E-state index is 11.6. The zero-order valence-electron chi connectivity index (χ0n) is 11.4. The number of nitrogens with one attached hydrogen (secondary N) is 1. The van der Waals surface area contributed by atoms with Crippen LogP contribution in [0.15, 0.2) is 0 Å². The predicted octanol–water partition coefficient (Wildman–Crippen LogP) is 2.69. The van der Waals surface area contributed by atoms with E-state index in [9.17, 15) is 9.59 Å². The van der Waals surface area contributed by atoms with Crippen LogP contribution in [-0.4, -0.2) is 17.2 Å². The summed E-state index contributed by atoms with van der Waals surface area (Å²) in [4.78, 5) is 22.3. The van der Waals surface area contributed by atoms with Crippen molar-refractivity contribution < 1.29 is 9.59 Å². The second kappa shape index (κ2) is 5.46. The molecule has 0 aromatic rings. The molecular weight excluding hydrogens is 202 g/mol. The van der Waals surface area contributed by atoms with Crippen molar-refractivity contribution in [2.75, 3.05) is 0 Å². The van der Waals surface area contributed by atoms with Crippen molar-refractivity contribution in [3.8, 4) is 0 Å². The molecule has 0 unspecified atom stereocenters. The molecule has 0 aromatic heterocycles. The molecule has 0 spiro atoms. The first-order valence-electron chi connectivity index (χ1n) is 5.82. The van der Waals surface area contributed by atoms with Crippen molar-refractivity contribution >= 4 is 11.7 Å². The molecule has 0 rings (SSSR count). The van der Waals surface area contributed by atoms with Crippen molar-refractivity contribution in [1.29, 1.82) is 0 Å². The molecule has 0 heterocycles. The zero-order valence-corrected chi connectivity index (χ0v) is 11.4. The highest BCUT2D eigenvalue weighted by atomic mass is 16.2. The van der Waals surface area contributed by atoms with Crippen LogP contribution in [0.3, 0.4) is 0 Å². The van der Waals surface area contributed by atoms with Gasteiger partial charge in [0.2, 0.25) is 5.91 Å². The summed E-state index contributed by atoms with van der Waals surface area (Å²) in [6.45, 7) is 12.0. The minimum atomic E-state index is -0.216. The van der Waals surface area contributed by atoms with Gasteiger partial charge in [0.05, 0.1) is 0 Å². The topological polar surface area (TPSA) is 46.2 Å². The van der Waals surface area contributed by atoms with Crippen LogP contribution < -0.4 is 5.32 Å². The molecule has 0 radical (unpaired) electrons. The molecule has 1 amide bonds. The molecule has 0 atom stereocenters. The highest BCUT2D eigenvalue weighted by Crippen LogP contribution is 2.26. The number of Topliss-reactive ketones (excluding diaryl/α,β-unsaturated/α-hetero) is 1. The Hall–Kier alpha value is -0.860. The maximum Gasteiger partial charge on any atom is 0.220 e. The Morgan fingerprint density at radius 3 is 1.88 bits per heavy atom. The van der Waals surface area contributed by atoms with E-state index < -0.39 is 0 Å². The van der Waals surface area contributed by atoms with Gasteiger partial charge in [-0.05, 0) is 32.6 Å². The van der Waals surface area contributed by atoms with Gasteiger partial charge in [0, 0.05) is 18.4 Å². The second-order valence-electron chi connectivity index (χ2n) is 6.37. The van der Waals surface area contributed by atoms with Gasteiger partial charge in [-0.25, -0.2) is 0 Å². The van der Waals surface area contributed by atoms with Crippen LogP contribution >= 0.6 is 0 Å². The smallest absolute Gasteiger partial charge is 0.220 e. The summed E-state index contributed by atoms with van der Waals surface area (Å²) in [5.41, 5.74) is -0.0382. The SMILES string of the molecule is CC(=O)CCC(=O)NC(C)(C)CC(C)(C)C. The Bertz CT molecular complexity index is 262. The largest absolute Gasteiger partial charge is 0.351 e. The van der Waals surface area contributed by atoms with Crippen LogP contribution in [0.5, 0.6) is 0 Å². The van der Waals surface area contributed by atoms with Crippen LogP contribution in [0, 0.1) is 5.41 Å². The molecule has 3 heteroatoms. The number of ketones is 1. The molecule has 0 fully saturated rings. The van der Waals surface area contributed by atoms with Crippen molar-refractivity contribution in [1.82, 2.24) is 5.32 Å². The summed E-state index contributed by atoms with van der Waals surface area (Å²) in [6.07, 6.45) is 1.53. The molecule has 94 valence electrons. The third kappa shape index (κ3) is 8.45.